The number of piperidine rings is 1. The van der Waals surface area contributed by atoms with Crippen molar-refractivity contribution < 1.29 is 9.47 Å². The summed E-state index contributed by atoms with van der Waals surface area (Å²) in [5.41, 5.74) is 1.26. The lowest BCUT2D eigenvalue weighted by atomic mass is 9.82. The van der Waals surface area contributed by atoms with Gasteiger partial charge in [0.2, 0.25) is 0 Å². The summed E-state index contributed by atoms with van der Waals surface area (Å²) in [6, 6.07) is 6.05. The maximum atomic E-state index is 5.46. The van der Waals surface area contributed by atoms with E-state index in [2.05, 4.69) is 18.3 Å². The molecule has 2 atom stereocenters. The Morgan fingerprint density at radius 3 is 2.71 bits per heavy atom. The van der Waals surface area contributed by atoms with Crippen LogP contribution in [-0.4, -0.2) is 27.3 Å². The molecule has 0 radical (unpaired) electrons. The molecule has 1 fully saturated rings. The van der Waals surface area contributed by atoms with Crippen LogP contribution in [-0.2, 0) is 0 Å². The van der Waals surface area contributed by atoms with E-state index in [-0.39, 0.29) is 0 Å². The summed E-state index contributed by atoms with van der Waals surface area (Å²) in [7, 11) is 3.43. The maximum Gasteiger partial charge on any atom is 0.122 e. The first kappa shape index (κ1) is 12.2. The van der Waals surface area contributed by atoms with E-state index >= 15 is 0 Å². The van der Waals surface area contributed by atoms with E-state index in [1.165, 1.54) is 12.0 Å². The minimum Gasteiger partial charge on any atom is -0.497 e. The molecule has 1 aliphatic heterocycles. The quantitative estimate of drug-likeness (QED) is 0.872. The minimum absolute atomic E-state index is 0.508. The van der Waals surface area contributed by atoms with Crippen LogP contribution in [0, 0.1) is 5.92 Å². The first-order valence-electron chi connectivity index (χ1n) is 6.19. The summed E-state index contributed by atoms with van der Waals surface area (Å²) in [4.78, 5) is 0. The van der Waals surface area contributed by atoms with Crippen LogP contribution in [0.4, 0.5) is 0 Å². The van der Waals surface area contributed by atoms with Crippen molar-refractivity contribution in [2.45, 2.75) is 19.3 Å². The molecule has 0 amide bonds. The molecule has 1 heterocycles. The van der Waals surface area contributed by atoms with Crippen molar-refractivity contribution in [1.29, 1.82) is 0 Å². The molecule has 0 aromatic heterocycles. The van der Waals surface area contributed by atoms with E-state index in [4.69, 9.17) is 9.47 Å². The molecule has 3 nitrogen and oxygen atoms in total. The number of hydrogen-bond donors (Lipinski definition) is 1. The van der Waals surface area contributed by atoms with Crippen LogP contribution in [0.3, 0.4) is 0 Å². The molecule has 1 saturated heterocycles. The number of methoxy groups -OCH3 is 2. The number of ether oxygens (including phenoxy) is 2. The van der Waals surface area contributed by atoms with Crippen molar-refractivity contribution in [1.82, 2.24) is 5.32 Å². The third-order valence-electron chi connectivity index (χ3n) is 3.66. The second-order valence-corrected chi connectivity index (χ2v) is 4.68. The first-order chi connectivity index (χ1) is 8.26. The summed E-state index contributed by atoms with van der Waals surface area (Å²) in [6.07, 6.45) is 1.21. The normalized spacial score (nSPS) is 24.4. The van der Waals surface area contributed by atoms with Crippen molar-refractivity contribution in [2.24, 2.45) is 5.92 Å². The molecule has 17 heavy (non-hydrogen) atoms. The third kappa shape index (κ3) is 2.55. The van der Waals surface area contributed by atoms with Crippen LogP contribution in [0.1, 0.15) is 24.8 Å². The lowest BCUT2D eigenvalue weighted by molar-refractivity contribution is 0.331. The largest absolute Gasteiger partial charge is 0.497 e. The average Bonchev–Trinajstić information content (AvgIpc) is 2.38. The average molecular weight is 235 g/mol. The zero-order valence-electron chi connectivity index (χ0n) is 10.8. The van der Waals surface area contributed by atoms with Gasteiger partial charge in [0.15, 0.2) is 0 Å². The molecule has 1 N–H and O–H groups in total. The third-order valence-corrected chi connectivity index (χ3v) is 3.66. The van der Waals surface area contributed by atoms with Crippen LogP contribution in [0.5, 0.6) is 11.5 Å². The van der Waals surface area contributed by atoms with Crippen LogP contribution >= 0.6 is 0 Å². The van der Waals surface area contributed by atoms with Crippen LogP contribution in [0.25, 0.3) is 0 Å². The van der Waals surface area contributed by atoms with Crippen molar-refractivity contribution >= 4 is 0 Å². The molecule has 0 aliphatic carbocycles. The topological polar surface area (TPSA) is 30.5 Å². The van der Waals surface area contributed by atoms with Gasteiger partial charge < -0.3 is 14.8 Å². The van der Waals surface area contributed by atoms with Gasteiger partial charge in [-0.2, -0.15) is 0 Å². The van der Waals surface area contributed by atoms with Crippen molar-refractivity contribution in [3.8, 4) is 11.5 Å². The molecular formula is C14H21NO2. The second-order valence-electron chi connectivity index (χ2n) is 4.68. The van der Waals surface area contributed by atoms with Gasteiger partial charge in [0.1, 0.15) is 11.5 Å². The molecule has 0 spiro atoms. The Kier molecular flexibility index (Phi) is 3.89. The summed E-state index contributed by atoms with van der Waals surface area (Å²) >= 11 is 0. The summed E-state index contributed by atoms with van der Waals surface area (Å²) < 4.78 is 10.8. The minimum atomic E-state index is 0.508. The van der Waals surface area contributed by atoms with Crippen LogP contribution < -0.4 is 14.8 Å². The molecule has 0 bridgehead atoms. The number of hydrogen-bond acceptors (Lipinski definition) is 3. The fourth-order valence-corrected chi connectivity index (χ4v) is 2.54. The van der Waals surface area contributed by atoms with E-state index in [1.54, 1.807) is 14.2 Å². The van der Waals surface area contributed by atoms with Gasteiger partial charge in [0.25, 0.3) is 0 Å². The van der Waals surface area contributed by atoms with Crippen LogP contribution in [0.2, 0.25) is 0 Å². The van der Waals surface area contributed by atoms with Gasteiger partial charge >= 0.3 is 0 Å². The number of benzene rings is 1. The number of rotatable bonds is 3. The van der Waals surface area contributed by atoms with E-state index in [9.17, 15) is 0 Å². The Hall–Kier alpha value is -1.22. The lowest BCUT2D eigenvalue weighted by Gasteiger charge is -2.31. The molecule has 0 saturated carbocycles. The van der Waals surface area contributed by atoms with Gasteiger partial charge in [-0.3, -0.25) is 0 Å². The van der Waals surface area contributed by atoms with Crippen LogP contribution in [0.15, 0.2) is 18.2 Å². The van der Waals surface area contributed by atoms with Gasteiger partial charge in [-0.05, 0) is 37.1 Å². The molecule has 2 rings (SSSR count). The fourth-order valence-electron chi connectivity index (χ4n) is 2.54. The highest BCUT2D eigenvalue weighted by Gasteiger charge is 2.25. The van der Waals surface area contributed by atoms with Crippen molar-refractivity contribution in [2.75, 3.05) is 27.3 Å². The fraction of sp³-hybridized carbons (Fsp3) is 0.571. The van der Waals surface area contributed by atoms with Gasteiger partial charge in [-0.25, -0.2) is 0 Å². The van der Waals surface area contributed by atoms with Crippen molar-refractivity contribution in [3.63, 3.8) is 0 Å². The van der Waals surface area contributed by atoms with E-state index in [0.29, 0.717) is 11.8 Å². The van der Waals surface area contributed by atoms with Crippen molar-refractivity contribution in [3.05, 3.63) is 23.8 Å². The molecule has 1 aromatic rings. The zero-order chi connectivity index (χ0) is 12.3. The smallest absolute Gasteiger partial charge is 0.122 e. The lowest BCUT2D eigenvalue weighted by Crippen LogP contribution is -2.34. The van der Waals surface area contributed by atoms with E-state index < -0.39 is 0 Å². The molecule has 2 unspecified atom stereocenters. The Morgan fingerprint density at radius 1 is 1.24 bits per heavy atom. The monoisotopic (exact) mass is 235 g/mol. The Labute approximate surface area is 103 Å². The van der Waals surface area contributed by atoms with Gasteiger partial charge in [0.05, 0.1) is 14.2 Å². The predicted octanol–water partition coefficient (Wildman–Crippen LogP) is 2.42. The zero-order valence-corrected chi connectivity index (χ0v) is 10.8. The van der Waals surface area contributed by atoms with Gasteiger partial charge in [-0.15, -0.1) is 0 Å². The molecule has 3 heteroatoms. The van der Waals surface area contributed by atoms with E-state index in [1.807, 2.05) is 12.1 Å². The molecule has 1 aromatic carbocycles. The molecule has 1 aliphatic rings. The standard InChI is InChI=1S/C14H21NO2/c1-10-6-7-15-9-13(10)12-8-11(16-2)4-5-14(12)17-3/h4-5,8,10,13,15H,6-7,9H2,1-3H3. The summed E-state index contributed by atoms with van der Waals surface area (Å²) in [6.45, 7) is 4.44. The Bertz CT molecular complexity index is 378. The summed E-state index contributed by atoms with van der Waals surface area (Å²) in [5, 5.41) is 3.46. The molecular weight excluding hydrogens is 214 g/mol. The predicted molar refractivity (Wildman–Crippen MR) is 68.9 cm³/mol. The SMILES string of the molecule is COc1ccc(OC)c(C2CNCCC2C)c1. The highest BCUT2D eigenvalue weighted by atomic mass is 16.5. The second kappa shape index (κ2) is 5.41. The Balaban J connectivity index is 2.33. The highest BCUT2D eigenvalue weighted by Crippen LogP contribution is 2.36. The number of nitrogens with one attached hydrogen (secondary N) is 1. The van der Waals surface area contributed by atoms with Gasteiger partial charge in [-0.1, -0.05) is 6.92 Å². The van der Waals surface area contributed by atoms with Gasteiger partial charge in [0, 0.05) is 18.0 Å². The molecule has 94 valence electrons. The Morgan fingerprint density at radius 2 is 2.06 bits per heavy atom. The first-order valence-corrected chi connectivity index (χ1v) is 6.19. The maximum absolute atomic E-state index is 5.46. The van der Waals surface area contributed by atoms with E-state index in [0.717, 1.165) is 24.6 Å². The summed E-state index contributed by atoms with van der Waals surface area (Å²) in [5.74, 6) is 3.05. The highest BCUT2D eigenvalue weighted by molar-refractivity contribution is 5.43.